The molecule has 0 aliphatic carbocycles. The molecule has 3 N–H and O–H groups in total. The van der Waals surface area contributed by atoms with Crippen molar-refractivity contribution in [1.82, 2.24) is 9.88 Å². The molecule has 2 unspecified atom stereocenters. The monoisotopic (exact) mass is 401 g/mol. The Bertz CT molecular complexity index is 999. The van der Waals surface area contributed by atoms with Crippen LogP contribution >= 0.6 is 22.7 Å². The van der Waals surface area contributed by atoms with Crippen LogP contribution in [0, 0.1) is 5.41 Å². The van der Waals surface area contributed by atoms with Crippen LogP contribution in [0.3, 0.4) is 0 Å². The number of thiophene rings is 1. The van der Waals surface area contributed by atoms with E-state index in [1.165, 1.54) is 21.8 Å². The maximum atomic E-state index is 11.8. The van der Waals surface area contributed by atoms with Gasteiger partial charge >= 0.3 is 6.09 Å². The molecule has 1 aliphatic rings. The second-order valence-corrected chi connectivity index (χ2v) is 10.2. The summed E-state index contributed by atoms with van der Waals surface area (Å²) in [6, 6.07) is 7.89. The third-order valence-electron chi connectivity index (χ3n) is 5.37. The van der Waals surface area contributed by atoms with E-state index >= 15 is 0 Å². The highest BCUT2D eigenvalue weighted by atomic mass is 32.1. The van der Waals surface area contributed by atoms with Crippen LogP contribution in [0.1, 0.15) is 50.1 Å². The molecular formula is C20H23N3O2S2. The quantitative estimate of drug-likeness (QED) is 0.541. The normalized spacial score (nSPS) is 20.1. The molecule has 0 fully saturated rings. The number of anilines is 1. The number of hydrogen-bond acceptors (Lipinski definition) is 5. The first kappa shape index (κ1) is 18.3. The van der Waals surface area contributed by atoms with Crippen molar-refractivity contribution < 1.29 is 9.90 Å². The Labute approximate surface area is 166 Å². The fourth-order valence-corrected chi connectivity index (χ4v) is 6.18. The highest BCUT2D eigenvalue weighted by Crippen LogP contribution is 2.54. The van der Waals surface area contributed by atoms with E-state index in [-0.39, 0.29) is 17.4 Å². The van der Waals surface area contributed by atoms with Crippen molar-refractivity contribution in [2.45, 2.75) is 39.7 Å². The standard InChI is InChI=1S/C20H23N3O2S2/c1-10-16-14(11(20(2,3)4)9-23(10)19(24)25)15(17(21)27-16)18-22-12-7-5-6-8-13(12)26-18/h5-8,10-11H,9,21H2,1-4H3,(H,24,25). The molecule has 3 aromatic rings. The minimum atomic E-state index is -0.879. The molecule has 0 saturated heterocycles. The molecule has 0 saturated carbocycles. The highest BCUT2D eigenvalue weighted by molar-refractivity contribution is 7.22. The summed E-state index contributed by atoms with van der Waals surface area (Å²) in [5, 5.41) is 11.4. The van der Waals surface area contributed by atoms with Crippen LogP contribution in [0.2, 0.25) is 0 Å². The van der Waals surface area contributed by atoms with Crippen LogP contribution in [0.15, 0.2) is 24.3 Å². The van der Waals surface area contributed by atoms with Gasteiger partial charge in [-0.15, -0.1) is 22.7 Å². The van der Waals surface area contributed by atoms with E-state index in [2.05, 4.69) is 26.8 Å². The molecule has 0 spiro atoms. The summed E-state index contributed by atoms with van der Waals surface area (Å²) in [5.74, 6) is 0.0652. The number of carbonyl (C=O) groups is 1. The molecule has 4 rings (SSSR count). The largest absolute Gasteiger partial charge is 0.465 e. The fraction of sp³-hybridized carbons (Fsp3) is 0.400. The second kappa shape index (κ2) is 6.21. The van der Waals surface area contributed by atoms with Crippen LogP contribution in [-0.4, -0.2) is 27.6 Å². The molecule has 5 nitrogen and oxygen atoms in total. The number of fused-ring (bicyclic) bond motifs is 2. The van der Waals surface area contributed by atoms with E-state index in [1.54, 1.807) is 11.3 Å². The average Bonchev–Trinajstić information content (AvgIpc) is 3.14. The van der Waals surface area contributed by atoms with Gasteiger partial charge in [0.25, 0.3) is 0 Å². The molecule has 3 heterocycles. The summed E-state index contributed by atoms with van der Waals surface area (Å²) in [7, 11) is 0. The molecule has 27 heavy (non-hydrogen) atoms. The Morgan fingerprint density at radius 2 is 2.00 bits per heavy atom. The summed E-state index contributed by atoms with van der Waals surface area (Å²) in [4.78, 5) is 19.2. The number of thiazole rings is 1. The molecule has 1 aromatic carbocycles. The van der Waals surface area contributed by atoms with Crippen LogP contribution < -0.4 is 5.73 Å². The lowest BCUT2D eigenvalue weighted by Crippen LogP contribution is -2.43. The van der Waals surface area contributed by atoms with Gasteiger partial charge in [-0.05, 0) is 30.0 Å². The summed E-state index contributed by atoms with van der Waals surface area (Å²) in [6.07, 6.45) is -0.879. The Balaban J connectivity index is 1.96. The molecule has 2 atom stereocenters. The third kappa shape index (κ3) is 2.89. The lowest BCUT2D eigenvalue weighted by molar-refractivity contribution is 0.105. The van der Waals surface area contributed by atoms with E-state index in [4.69, 9.17) is 10.7 Å². The Hall–Kier alpha value is -2.12. The zero-order valence-corrected chi connectivity index (χ0v) is 17.4. The summed E-state index contributed by atoms with van der Waals surface area (Å²) >= 11 is 3.16. The fourth-order valence-electron chi connectivity index (χ4n) is 3.87. The predicted molar refractivity (Wildman–Crippen MR) is 113 cm³/mol. The number of carboxylic acid groups (broad SMARTS) is 1. The Kier molecular flexibility index (Phi) is 4.20. The smallest absolute Gasteiger partial charge is 0.407 e. The van der Waals surface area contributed by atoms with Crippen LogP contribution in [0.4, 0.5) is 9.80 Å². The number of nitrogens with two attached hydrogens (primary N) is 1. The zero-order valence-electron chi connectivity index (χ0n) is 15.8. The number of hydrogen-bond donors (Lipinski definition) is 2. The third-order valence-corrected chi connectivity index (χ3v) is 7.63. The SMILES string of the molecule is CC1c2sc(N)c(-c3nc4ccccc4s3)c2C(C(C)(C)C)CN1C(=O)O. The van der Waals surface area contributed by atoms with E-state index < -0.39 is 6.09 Å². The van der Waals surface area contributed by atoms with Crippen LogP contribution in [0.25, 0.3) is 20.8 Å². The molecule has 2 aromatic heterocycles. The number of rotatable bonds is 1. The van der Waals surface area contributed by atoms with Crippen molar-refractivity contribution in [3.63, 3.8) is 0 Å². The lowest BCUT2D eigenvalue weighted by atomic mass is 9.72. The van der Waals surface area contributed by atoms with Crippen molar-refractivity contribution in [2.75, 3.05) is 12.3 Å². The molecule has 0 bridgehead atoms. The minimum Gasteiger partial charge on any atom is -0.465 e. The van der Waals surface area contributed by atoms with Crippen molar-refractivity contribution in [3.8, 4) is 10.6 Å². The van der Waals surface area contributed by atoms with Crippen LogP contribution in [0.5, 0.6) is 0 Å². The molecule has 1 amide bonds. The van der Waals surface area contributed by atoms with Gasteiger partial charge in [0, 0.05) is 22.9 Å². The Morgan fingerprint density at radius 1 is 1.30 bits per heavy atom. The van der Waals surface area contributed by atoms with Crippen LogP contribution in [-0.2, 0) is 0 Å². The number of nitrogens with zero attached hydrogens (tertiary/aromatic N) is 2. The summed E-state index contributed by atoms with van der Waals surface area (Å²) < 4.78 is 1.13. The highest BCUT2D eigenvalue weighted by Gasteiger charge is 2.43. The van der Waals surface area contributed by atoms with Crippen molar-refractivity contribution in [3.05, 3.63) is 34.7 Å². The van der Waals surface area contributed by atoms with Gasteiger partial charge in [-0.3, -0.25) is 0 Å². The molecule has 7 heteroatoms. The van der Waals surface area contributed by atoms with E-state index in [1.807, 2.05) is 25.1 Å². The lowest BCUT2D eigenvalue weighted by Gasteiger charge is -2.42. The van der Waals surface area contributed by atoms with Gasteiger partial charge in [0.15, 0.2) is 0 Å². The topological polar surface area (TPSA) is 79.5 Å². The van der Waals surface area contributed by atoms with Gasteiger partial charge in [0.1, 0.15) is 5.01 Å². The number of nitrogen functional groups attached to an aromatic ring is 1. The molecular weight excluding hydrogens is 378 g/mol. The summed E-state index contributed by atoms with van der Waals surface area (Å²) in [6.45, 7) is 8.90. The van der Waals surface area contributed by atoms with Gasteiger partial charge in [0.05, 0.1) is 21.3 Å². The van der Waals surface area contributed by atoms with Gasteiger partial charge in [0.2, 0.25) is 0 Å². The number of aromatic nitrogens is 1. The maximum Gasteiger partial charge on any atom is 0.407 e. The first-order chi connectivity index (χ1) is 12.7. The van der Waals surface area contributed by atoms with Crippen molar-refractivity contribution in [2.24, 2.45) is 5.41 Å². The zero-order chi connectivity index (χ0) is 19.5. The van der Waals surface area contributed by atoms with E-state index in [0.29, 0.717) is 6.54 Å². The average molecular weight is 402 g/mol. The first-order valence-electron chi connectivity index (χ1n) is 8.96. The summed E-state index contributed by atoms with van der Waals surface area (Å²) in [5.41, 5.74) is 9.56. The van der Waals surface area contributed by atoms with Gasteiger partial charge in [-0.1, -0.05) is 32.9 Å². The number of para-hydroxylation sites is 1. The maximum absolute atomic E-state index is 11.8. The first-order valence-corrected chi connectivity index (χ1v) is 10.6. The number of benzene rings is 1. The second-order valence-electron chi connectivity index (χ2n) is 8.14. The van der Waals surface area contributed by atoms with Gasteiger partial charge < -0.3 is 15.7 Å². The molecule has 142 valence electrons. The predicted octanol–water partition coefficient (Wildman–Crippen LogP) is 5.79. The van der Waals surface area contributed by atoms with Gasteiger partial charge in [-0.2, -0.15) is 0 Å². The Morgan fingerprint density at radius 3 is 2.63 bits per heavy atom. The number of amides is 1. The van der Waals surface area contributed by atoms with E-state index in [9.17, 15) is 9.90 Å². The van der Waals surface area contributed by atoms with Gasteiger partial charge in [-0.25, -0.2) is 9.78 Å². The minimum absolute atomic E-state index is 0.0652. The van der Waals surface area contributed by atoms with E-state index in [0.717, 1.165) is 30.7 Å². The van der Waals surface area contributed by atoms with Crippen molar-refractivity contribution >= 4 is 44.0 Å². The molecule has 0 radical (unpaired) electrons. The molecule has 1 aliphatic heterocycles. The van der Waals surface area contributed by atoms with Crippen molar-refractivity contribution in [1.29, 1.82) is 0 Å².